The topological polar surface area (TPSA) is 29.1 Å². The molecule has 11 heavy (non-hydrogen) atoms. The first-order chi connectivity index (χ1) is 5.16. The van der Waals surface area contributed by atoms with Gasteiger partial charge in [-0.15, -0.1) is 0 Å². The Labute approximate surface area is 68.7 Å². The fourth-order valence-electron chi connectivity index (χ4n) is 0.894. The molecular weight excluding hydrogens is 138 g/mol. The molecule has 0 aromatic rings. The van der Waals surface area contributed by atoms with Crippen molar-refractivity contribution >= 4 is 5.91 Å². The van der Waals surface area contributed by atoms with Crippen LogP contribution in [0.15, 0.2) is 12.2 Å². The van der Waals surface area contributed by atoms with E-state index in [9.17, 15) is 4.79 Å². The molecule has 2 heteroatoms. The first-order valence-corrected chi connectivity index (χ1v) is 4.08. The van der Waals surface area contributed by atoms with Crippen LogP contribution in [0.2, 0.25) is 0 Å². The summed E-state index contributed by atoms with van der Waals surface area (Å²) in [5.74, 6) is 0.0364. The Bertz CT molecular complexity index is 140. The van der Waals surface area contributed by atoms with Gasteiger partial charge in [-0.1, -0.05) is 25.5 Å². The first-order valence-electron chi connectivity index (χ1n) is 4.08. The minimum Gasteiger partial charge on any atom is -0.356 e. The summed E-state index contributed by atoms with van der Waals surface area (Å²) >= 11 is 0. The molecule has 0 bridgehead atoms. The smallest absolute Gasteiger partial charge is 0.216 e. The maximum atomic E-state index is 10.4. The predicted molar refractivity (Wildman–Crippen MR) is 47.3 cm³/mol. The van der Waals surface area contributed by atoms with Crippen LogP contribution in [-0.2, 0) is 4.79 Å². The van der Waals surface area contributed by atoms with Crippen molar-refractivity contribution in [1.29, 1.82) is 0 Å². The minimum atomic E-state index is 0.0364. The summed E-state index contributed by atoms with van der Waals surface area (Å²) in [6, 6.07) is 0. The van der Waals surface area contributed by atoms with Gasteiger partial charge in [0.2, 0.25) is 5.91 Å². The molecule has 0 unspecified atom stereocenters. The van der Waals surface area contributed by atoms with E-state index in [1.165, 1.54) is 12.5 Å². The lowest BCUT2D eigenvalue weighted by Gasteiger charge is -2.03. The molecule has 0 aliphatic carbocycles. The maximum absolute atomic E-state index is 10.4. The molecule has 0 aromatic carbocycles. The Morgan fingerprint density at radius 2 is 2.09 bits per heavy atom. The highest BCUT2D eigenvalue weighted by Gasteiger charge is 1.93. The van der Waals surface area contributed by atoms with E-state index in [-0.39, 0.29) is 5.91 Å². The second-order valence-electron chi connectivity index (χ2n) is 2.73. The van der Waals surface area contributed by atoms with Crippen LogP contribution >= 0.6 is 0 Å². The van der Waals surface area contributed by atoms with Gasteiger partial charge >= 0.3 is 0 Å². The molecule has 0 atom stereocenters. The average molecular weight is 155 g/mol. The van der Waals surface area contributed by atoms with E-state index in [2.05, 4.69) is 18.8 Å². The highest BCUT2D eigenvalue weighted by atomic mass is 16.1. The summed E-state index contributed by atoms with van der Waals surface area (Å²) in [4.78, 5) is 10.4. The normalized spacial score (nSPS) is 9.27. The molecule has 1 N–H and O–H groups in total. The Hall–Kier alpha value is -0.790. The lowest BCUT2D eigenvalue weighted by Crippen LogP contribution is -2.21. The summed E-state index contributed by atoms with van der Waals surface area (Å²) in [5.41, 5.74) is 1.22. The summed E-state index contributed by atoms with van der Waals surface area (Å²) < 4.78 is 0. The molecule has 0 aromatic heterocycles. The van der Waals surface area contributed by atoms with E-state index < -0.39 is 0 Å². The van der Waals surface area contributed by atoms with Crippen molar-refractivity contribution in [2.75, 3.05) is 6.54 Å². The van der Waals surface area contributed by atoms with E-state index in [1.54, 1.807) is 0 Å². The highest BCUT2D eigenvalue weighted by molar-refractivity contribution is 5.72. The van der Waals surface area contributed by atoms with Gasteiger partial charge in [-0.25, -0.2) is 0 Å². The third-order valence-electron chi connectivity index (χ3n) is 1.46. The van der Waals surface area contributed by atoms with E-state index in [0.717, 1.165) is 25.8 Å². The zero-order valence-corrected chi connectivity index (χ0v) is 7.44. The molecule has 1 amide bonds. The molecule has 0 saturated heterocycles. The number of hydrogen-bond acceptors (Lipinski definition) is 1. The van der Waals surface area contributed by atoms with Gasteiger partial charge in [0.1, 0.15) is 0 Å². The number of amides is 1. The van der Waals surface area contributed by atoms with E-state index >= 15 is 0 Å². The van der Waals surface area contributed by atoms with Gasteiger partial charge in [0.05, 0.1) is 0 Å². The van der Waals surface area contributed by atoms with Crippen molar-refractivity contribution in [1.82, 2.24) is 5.32 Å². The summed E-state index contributed by atoms with van der Waals surface area (Å²) in [5, 5.41) is 2.74. The molecule has 0 aliphatic heterocycles. The monoisotopic (exact) mass is 155 g/mol. The summed E-state index contributed by atoms with van der Waals surface area (Å²) in [7, 11) is 0. The zero-order chi connectivity index (χ0) is 8.69. The Kier molecular flexibility index (Phi) is 5.53. The van der Waals surface area contributed by atoms with Gasteiger partial charge in [-0.2, -0.15) is 0 Å². The maximum Gasteiger partial charge on any atom is 0.216 e. The Morgan fingerprint density at radius 1 is 1.45 bits per heavy atom. The molecule has 2 nitrogen and oxygen atoms in total. The van der Waals surface area contributed by atoms with Crippen LogP contribution in [0.4, 0.5) is 0 Å². The van der Waals surface area contributed by atoms with Crippen LogP contribution in [0, 0.1) is 0 Å². The number of nitrogens with one attached hydrogen (secondary N) is 1. The largest absolute Gasteiger partial charge is 0.356 e. The van der Waals surface area contributed by atoms with Crippen molar-refractivity contribution in [3.63, 3.8) is 0 Å². The molecule has 64 valence electrons. The van der Waals surface area contributed by atoms with Crippen LogP contribution in [0.3, 0.4) is 0 Å². The lowest BCUT2D eigenvalue weighted by molar-refractivity contribution is -0.118. The third-order valence-corrected chi connectivity index (χ3v) is 1.46. The van der Waals surface area contributed by atoms with Crippen molar-refractivity contribution in [3.8, 4) is 0 Å². The van der Waals surface area contributed by atoms with Crippen molar-refractivity contribution < 1.29 is 4.79 Å². The number of hydrogen-bond donors (Lipinski definition) is 1. The van der Waals surface area contributed by atoms with Crippen LogP contribution in [0.25, 0.3) is 0 Å². The first kappa shape index (κ1) is 10.2. The molecule has 0 fully saturated rings. The molecule has 0 aliphatic rings. The quantitative estimate of drug-likeness (QED) is 0.603. The fraction of sp³-hybridized carbons (Fsp3) is 0.667. The SMILES string of the molecule is C=C(CCC)CCNC(C)=O. The molecular formula is C9H17NO. The Morgan fingerprint density at radius 3 is 2.55 bits per heavy atom. The zero-order valence-electron chi connectivity index (χ0n) is 7.44. The minimum absolute atomic E-state index is 0.0364. The third kappa shape index (κ3) is 7.10. The summed E-state index contributed by atoms with van der Waals surface area (Å²) in [6.45, 7) is 8.28. The van der Waals surface area contributed by atoms with Gasteiger partial charge in [0.15, 0.2) is 0 Å². The molecule has 0 heterocycles. The van der Waals surface area contributed by atoms with Crippen molar-refractivity contribution in [2.24, 2.45) is 0 Å². The molecule has 0 saturated carbocycles. The molecule has 0 spiro atoms. The van der Waals surface area contributed by atoms with E-state index in [0.29, 0.717) is 0 Å². The van der Waals surface area contributed by atoms with Crippen LogP contribution in [-0.4, -0.2) is 12.5 Å². The van der Waals surface area contributed by atoms with E-state index in [4.69, 9.17) is 0 Å². The van der Waals surface area contributed by atoms with Crippen LogP contribution in [0.1, 0.15) is 33.1 Å². The van der Waals surface area contributed by atoms with Gasteiger partial charge in [-0.3, -0.25) is 4.79 Å². The number of carbonyl (C=O) groups is 1. The molecule has 0 rings (SSSR count). The fourth-order valence-corrected chi connectivity index (χ4v) is 0.894. The Balaban J connectivity index is 3.24. The standard InChI is InChI=1S/C9H17NO/c1-4-5-8(2)6-7-10-9(3)11/h2,4-7H2,1,3H3,(H,10,11). The van der Waals surface area contributed by atoms with E-state index in [1.807, 2.05) is 0 Å². The predicted octanol–water partition coefficient (Wildman–Crippen LogP) is 1.87. The van der Waals surface area contributed by atoms with Crippen molar-refractivity contribution in [3.05, 3.63) is 12.2 Å². The summed E-state index contributed by atoms with van der Waals surface area (Å²) in [6.07, 6.45) is 3.12. The molecule has 0 radical (unpaired) electrons. The number of rotatable bonds is 5. The van der Waals surface area contributed by atoms with Gasteiger partial charge in [0.25, 0.3) is 0 Å². The van der Waals surface area contributed by atoms with Gasteiger partial charge in [0, 0.05) is 13.5 Å². The van der Waals surface area contributed by atoms with Gasteiger partial charge in [-0.05, 0) is 12.8 Å². The average Bonchev–Trinajstić information content (AvgIpc) is 1.87. The highest BCUT2D eigenvalue weighted by Crippen LogP contribution is 2.04. The number of carbonyl (C=O) groups excluding carboxylic acids is 1. The van der Waals surface area contributed by atoms with Crippen LogP contribution < -0.4 is 5.32 Å². The van der Waals surface area contributed by atoms with Gasteiger partial charge < -0.3 is 5.32 Å². The van der Waals surface area contributed by atoms with Crippen molar-refractivity contribution in [2.45, 2.75) is 33.1 Å². The second-order valence-corrected chi connectivity index (χ2v) is 2.73. The van der Waals surface area contributed by atoms with Crippen LogP contribution in [0.5, 0.6) is 0 Å². The lowest BCUT2D eigenvalue weighted by atomic mass is 10.1. The second kappa shape index (κ2) is 5.96.